The van der Waals surface area contributed by atoms with Gasteiger partial charge in [-0.25, -0.2) is 13.4 Å². The molecule has 1 aromatic heterocycles. The third kappa shape index (κ3) is 3.32. The van der Waals surface area contributed by atoms with Crippen LogP contribution in [0.4, 0.5) is 5.82 Å². The highest BCUT2D eigenvalue weighted by atomic mass is 32.2. The van der Waals surface area contributed by atoms with Gasteiger partial charge in [-0.1, -0.05) is 12.1 Å². The van der Waals surface area contributed by atoms with E-state index in [0.717, 1.165) is 11.3 Å². The molecule has 1 heterocycles. The minimum Gasteiger partial charge on any atom is -0.497 e. The second-order valence-electron chi connectivity index (χ2n) is 4.50. The number of methoxy groups -OCH3 is 1. The van der Waals surface area contributed by atoms with Gasteiger partial charge in [0, 0.05) is 19.8 Å². The molecule has 0 aliphatic heterocycles. The summed E-state index contributed by atoms with van der Waals surface area (Å²) in [5.74, 6) is 0.722. The number of rotatable bonds is 5. The van der Waals surface area contributed by atoms with Crippen molar-refractivity contribution in [3.05, 3.63) is 48.2 Å². The van der Waals surface area contributed by atoms with Crippen LogP contribution in [-0.4, -0.2) is 31.9 Å². The number of anilines is 1. The second kappa shape index (κ2) is 6.11. The second-order valence-corrected chi connectivity index (χ2v) is 6.51. The molecule has 0 fully saturated rings. The summed E-state index contributed by atoms with van der Waals surface area (Å²) in [4.78, 5) is 3.83. The number of aromatic nitrogens is 1. The largest absolute Gasteiger partial charge is 0.497 e. The molecule has 0 aliphatic rings. The lowest BCUT2D eigenvalue weighted by Gasteiger charge is -2.18. The maximum absolute atomic E-state index is 12.5. The van der Waals surface area contributed by atoms with Crippen molar-refractivity contribution in [3.63, 3.8) is 0 Å². The van der Waals surface area contributed by atoms with Crippen LogP contribution in [0.25, 0.3) is 0 Å². The number of sulfonamides is 1. The van der Waals surface area contributed by atoms with Crippen LogP contribution in [0.3, 0.4) is 0 Å². The van der Waals surface area contributed by atoms with Gasteiger partial charge in [-0.15, -0.1) is 0 Å². The molecule has 2 N–H and O–H groups in total. The Morgan fingerprint density at radius 3 is 2.48 bits per heavy atom. The SMILES string of the molecule is COc1ccc(CN(C)S(=O)(=O)c2cccnc2N)cc1. The lowest BCUT2D eigenvalue weighted by atomic mass is 10.2. The van der Waals surface area contributed by atoms with Crippen molar-refractivity contribution in [2.24, 2.45) is 0 Å². The number of benzene rings is 1. The van der Waals surface area contributed by atoms with Crippen molar-refractivity contribution in [1.29, 1.82) is 0 Å². The first kappa shape index (κ1) is 15.3. The number of hydrogen-bond donors (Lipinski definition) is 1. The van der Waals surface area contributed by atoms with Crippen LogP contribution in [-0.2, 0) is 16.6 Å². The smallest absolute Gasteiger partial charge is 0.246 e. The molecule has 0 saturated carbocycles. The van der Waals surface area contributed by atoms with Crippen LogP contribution in [0.2, 0.25) is 0 Å². The van der Waals surface area contributed by atoms with Gasteiger partial charge in [0.05, 0.1) is 7.11 Å². The Morgan fingerprint density at radius 1 is 1.24 bits per heavy atom. The number of hydrogen-bond acceptors (Lipinski definition) is 5. The molecule has 0 radical (unpaired) electrons. The van der Waals surface area contributed by atoms with Crippen molar-refractivity contribution >= 4 is 15.8 Å². The highest BCUT2D eigenvalue weighted by Gasteiger charge is 2.23. The van der Waals surface area contributed by atoms with Gasteiger partial charge in [0.25, 0.3) is 0 Å². The van der Waals surface area contributed by atoms with E-state index in [1.54, 1.807) is 25.3 Å². The predicted octanol–water partition coefficient (Wildman–Crippen LogP) is 1.49. The summed E-state index contributed by atoms with van der Waals surface area (Å²) in [5, 5.41) is 0. The summed E-state index contributed by atoms with van der Waals surface area (Å²) < 4.78 is 31.2. The average molecular weight is 307 g/mol. The van der Waals surface area contributed by atoms with Gasteiger partial charge in [0.15, 0.2) is 0 Å². The zero-order valence-corrected chi connectivity index (χ0v) is 12.7. The monoisotopic (exact) mass is 307 g/mol. The van der Waals surface area contributed by atoms with Crippen LogP contribution in [0.1, 0.15) is 5.56 Å². The summed E-state index contributed by atoms with van der Waals surface area (Å²) in [6.45, 7) is 0.237. The van der Waals surface area contributed by atoms with E-state index in [2.05, 4.69) is 4.98 Å². The first-order valence-electron chi connectivity index (χ1n) is 6.25. The molecular formula is C14H17N3O3S. The van der Waals surface area contributed by atoms with E-state index in [1.165, 1.54) is 23.6 Å². The van der Waals surface area contributed by atoms with Gasteiger partial charge in [-0.3, -0.25) is 0 Å². The maximum Gasteiger partial charge on any atom is 0.246 e. The van der Waals surface area contributed by atoms with Crippen LogP contribution in [0, 0.1) is 0 Å². The first-order valence-corrected chi connectivity index (χ1v) is 7.69. The Labute approximate surface area is 124 Å². The van der Waals surface area contributed by atoms with E-state index in [0.29, 0.717) is 0 Å². The van der Waals surface area contributed by atoms with E-state index >= 15 is 0 Å². The molecule has 0 spiro atoms. The van der Waals surface area contributed by atoms with E-state index in [9.17, 15) is 8.42 Å². The minimum absolute atomic E-state index is 0.000851. The number of nitrogens with two attached hydrogens (primary N) is 1. The predicted molar refractivity (Wildman–Crippen MR) is 80.3 cm³/mol. The molecule has 0 saturated heterocycles. The minimum atomic E-state index is -3.67. The highest BCUT2D eigenvalue weighted by Crippen LogP contribution is 2.21. The van der Waals surface area contributed by atoms with Crippen LogP contribution in [0.5, 0.6) is 5.75 Å². The van der Waals surface area contributed by atoms with Crippen molar-refractivity contribution < 1.29 is 13.2 Å². The van der Waals surface area contributed by atoms with Crippen molar-refractivity contribution in [2.45, 2.75) is 11.4 Å². The van der Waals surface area contributed by atoms with Gasteiger partial charge in [-0.2, -0.15) is 4.31 Å². The molecule has 112 valence electrons. The molecule has 7 heteroatoms. The molecule has 0 amide bonds. The van der Waals surface area contributed by atoms with Gasteiger partial charge >= 0.3 is 0 Å². The Morgan fingerprint density at radius 2 is 1.90 bits per heavy atom. The molecule has 0 atom stereocenters. The summed E-state index contributed by atoms with van der Waals surface area (Å²) >= 11 is 0. The van der Waals surface area contributed by atoms with Gasteiger partial charge in [-0.05, 0) is 29.8 Å². The fourth-order valence-electron chi connectivity index (χ4n) is 1.86. The molecule has 6 nitrogen and oxygen atoms in total. The molecule has 2 rings (SSSR count). The molecule has 1 aromatic carbocycles. The Bertz CT molecular complexity index is 714. The molecule has 21 heavy (non-hydrogen) atoms. The molecule has 0 bridgehead atoms. The summed E-state index contributed by atoms with van der Waals surface area (Å²) in [7, 11) is -0.583. The standard InChI is InChI=1S/C14H17N3O3S/c1-17(10-11-5-7-12(20-2)8-6-11)21(18,19)13-4-3-9-16-14(13)15/h3-9H,10H2,1-2H3,(H2,15,16). The number of nitrogen functional groups attached to an aromatic ring is 1. The normalized spacial score (nSPS) is 11.6. The van der Waals surface area contributed by atoms with Crippen LogP contribution >= 0.6 is 0 Å². The Hall–Kier alpha value is -2.12. The highest BCUT2D eigenvalue weighted by molar-refractivity contribution is 7.89. The van der Waals surface area contributed by atoms with Gasteiger partial charge in [0.2, 0.25) is 10.0 Å². The number of ether oxygens (including phenoxy) is 1. The Kier molecular flexibility index (Phi) is 4.44. The van der Waals surface area contributed by atoms with Gasteiger partial charge in [0.1, 0.15) is 16.5 Å². The molecule has 0 unspecified atom stereocenters. The lowest BCUT2D eigenvalue weighted by molar-refractivity contribution is 0.414. The van der Waals surface area contributed by atoms with Crippen LogP contribution < -0.4 is 10.5 Å². The Balaban J connectivity index is 2.22. The topological polar surface area (TPSA) is 85.5 Å². The summed E-state index contributed by atoms with van der Waals surface area (Å²) in [5.41, 5.74) is 6.49. The summed E-state index contributed by atoms with van der Waals surface area (Å²) in [6, 6.07) is 10.2. The fraction of sp³-hybridized carbons (Fsp3) is 0.214. The van der Waals surface area contributed by atoms with Crippen molar-refractivity contribution in [3.8, 4) is 5.75 Å². The molecular weight excluding hydrogens is 290 g/mol. The molecule has 2 aromatic rings. The number of pyridine rings is 1. The van der Waals surface area contributed by atoms with Crippen molar-refractivity contribution in [1.82, 2.24) is 9.29 Å². The number of nitrogens with zero attached hydrogens (tertiary/aromatic N) is 2. The van der Waals surface area contributed by atoms with E-state index < -0.39 is 10.0 Å². The maximum atomic E-state index is 12.5. The summed E-state index contributed by atoms with van der Waals surface area (Å²) in [6.07, 6.45) is 1.46. The quantitative estimate of drug-likeness (QED) is 0.904. The zero-order chi connectivity index (χ0) is 15.5. The first-order chi connectivity index (χ1) is 9.95. The molecule has 0 aliphatic carbocycles. The third-order valence-corrected chi connectivity index (χ3v) is 4.90. The average Bonchev–Trinajstić information content (AvgIpc) is 2.48. The third-order valence-electron chi connectivity index (χ3n) is 3.05. The van der Waals surface area contributed by atoms with Gasteiger partial charge < -0.3 is 10.5 Å². The zero-order valence-electron chi connectivity index (χ0n) is 11.9. The van der Waals surface area contributed by atoms with E-state index in [-0.39, 0.29) is 17.3 Å². The van der Waals surface area contributed by atoms with E-state index in [1.807, 2.05) is 12.1 Å². The van der Waals surface area contributed by atoms with E-state index in [4.69, 9.17) is 10.5 Å². The van der Waals surface area contributed by atoms with Crippen LogP contribution in [0.15, 0.2) is 47.5 Å². The van der Waals surface area contributed by atoms with Crippen molar-refractivity contribution in [2.75, 3.05) is 19.9 Å². The fourth-order valence-corrected chi connectivity index (χ4v) is 3.08. The lowest BCUT2D eigenvalue weighted by Crippen LogP contribution is -2.27.